The first-order valence-corrected chi connectivity index (χ1v) is 5.93. The molecule has 0 bridgehead atoms. The molecule has 5 nitrogen and oxygen atoms in total. The van der Waals surface area contributed by atoms with Crippen LogP contribution < -0.4 is 10.6 Å². The van der Waals surface area contributed by atoms with Crippen LogP contribution in [0, 0.1) is 5.92 Å². The lowest BCUT2D eigenvalue weighted by Crippen LogP contribution is -2.12. The minimum absolute atomic E-state index is 0.182. The summed E-state index contributed by atoms with van der Waals surface area (Å²) in [6.07, 6.45) is 0.863. The smallest absolute Gasteiger partial charge is 0.222 e. The van der Waals surface area contributed by atoms with E-state index in [9.17, 15) is 9.59 Å². The highest BCUT2D eigenvalue weighted by atomic mass is 16.2. The molecule has 1 aromatic heterocycles. The molecule has 98 valence electrons. The maximum Gasteiger partial charge on any atom is 0.222 e. The lowest BCUT2D eigenvalue weighted by Gasteiger charge is -2.10. The maximum atomic E-state index is 11.0. The average molecular weight is 249 g/mol. The van der Waals surface area contributed by atoms with Gasteiger partial charge in [0, 0.05) is 13.8 Å². The van der Waals surface area contributed by atoms with Crippen molar-refractivity contribution in [1.29, 1.82) is 0 Å². The summed E-state index contributed by atoms with van der Waals surface area (Å²) in [6, 6.07) is 3.65. The zero-order valence-corrected chi connectivity index (χ0v) is 11.2. The Labute approximate surface area is 107 Å². The van der Waals surface area contributed by atoms with Gasteiger partial charge in [0.25, 0.3) is 0 Å². The van der Waals surface area contributed by atoms with E-state index in [1.807, 2.05) is 12.1 Å². The number of nitrogens with zero attached hydrogens (tertiary/aromatic N) is 1. The van der Waals surface area contributed by atoms with Crippen molar-refractivity contribution in [2.45, 2.75) is 34.1 Å². The van der Waals surface area contributed by atoms with Crippen molar-refractivity contribution in [3.8, 4) is 0 Å². The zero-order chi connectivity index (χ0) is 13.7. The largest absolute Gasteiger partial charge is 0.311 e. The summed E-state index contributed by atoms with van der Waals surface area (Å²) < 4.78 is 0. The van der Waals surface area contributed by atoms with Gasteiger partial charge in [-0.2, -0.15) is 0 Å². The van der Waals surface area contributed by atoms with Gasteiger partial charge in [0.1, 0.15) is 11.6 Å². The van der Waals surface area contributed by atoms with Crippen LogP contribution in [0.25, 0.3) is 0 Å². The van der Waals surface area contributed by atoms with E-state index in [1.165, 1.54) is 13.8 Å². The van der Waals surface area contributed by atoms with Crippen LogP contribution in [0.5, 0.6) is 0 Å². The van der Waals surface area contributed by atoms with Crippen molar-refractivity contribution in [2.75, 3.05) is 10.6 Å². The number of anilines is 2. The highest BCUT2D eigenvalue weighted by molar-refractivity contribution is 5.90. The molecule has 0 saturated heterocycles. The van der Waals surface area contributed by atoms with E-state index in [-0.39, 0.29) is 11.8 Å². The molecule has 0 atom stereocenters. The van der Waals surface area contributed by atoms with E-state index in [2.05, 4.69) is 29.5 Å². The third kappa shape index (κ3) is 4.95. The van der Waals surface area contributed by atoms with Crippen molar-refractivity contribution in [1.82, 2.24) is 4.98 Å². The van der Waals surface area contributed by atoms with Crippen LogP contribution in [-0.2, 0) is 16.0 Å². The molecule has 18 heavy (non-hydrogen) atoms. The third-order valence-corrected chi connectivity index (χ3v) is 2.14. The molecule has 0 aromatic carbocycles. The van der Waals surface area contributed by atoms with Gasteiger partial charge < -0.3 is 10.6 Å². The lowest BCUT2D eigenvalue weighted by atomic mass is 10.0. The summed E-state index contributed by atoms with van der Waals surface area (Å²) in [6.45, 7) is 7.07. The normalized spacial score (nSPS) is 10.3. The number of pyridine rings is 1. The van der Waals surface area contributed by atoms with Crippen LogP contribution in [-0.4, -0.2) is 16.8 Å². The van der Waals surface area contributed by atoms with Gasteiger partial charge in [0.2, 0.25) is 11.8 Å². The zero-order valence-electron chi connectivity index (χ0n) is 11.2. The van der Waals surface area contributed by atoms with Crippen LogP contribution in [0.4, 0.5) is 11.6 Å². The third-order valence-electron chi connectivity index (χ3n) is 2.14. The summed E-state index contributed by atoms with van der Waals surface area (Å²) in [5, 5.41) is 5.26. The molecule has 5 heteroatoms. The molecule has 0 aliphatic rings. The lowest BCUT2D eigenvalue weighted by molar-refractivity contribution is -0.115. The van der Waals surface area contributed by atoms with Crippen molar-refractivity contribution < 1.29 is 9.59 Å². The number of nitrogens with one attached hydrogen (secondary N) is 2. The summed E-state index contributed by atoms with van der Waals surface area (Å²) in [4.78, 5) is 26.2. The van der Waals surface area contributed by atoms with E-state index >= 15 is 0 Å². The number of hydrogen-bond acceptors (Lipinski definition) is 3. The Bertz CT molecular complexity index is 421. The molecule has 0 aliphatic heterocycles. The number of aromatic nitrogens is 1. The van der Waals surface area contributed by atoms with E-state index in [4.69, 9.17) is 0 Å². The molecule has 0 aliphatic carbocycles. The fourth-order valence-electron chi connectivity index (χ4n) is 1.67. The van der Waals surface area contributed by atoms with Crippen molar-refractivity contribution in [3.63, 3.8) is 0 Å². The second-order valence-corrected chi connectivity index (χ2v) is 4.71. The molecular formula is C13H19N3O2. The topological polar surface area (TPSA) is 71.1 Å². The molecule has 1 heterocycles. The van der Waals surface area contributed by atoms with E-state index in [1.54, 1.807) is 0 Å². The van der Waals surface area contributed by atoms with Crippen molar-refractivity contribution in [2.24, 2.45) is 5.92 Å². The molecule has 0 unspecified atom stereocenters. The first-order chi connectivity index (χ1) is 8.36. The van der Waals surface area contributed by atoms with Crippen LogP contribution in [0.1, 0.15) is 33.3 Å². The van der Waals surface area contributed by atoms with Crippen LogP contribution in [0.3, 0.4) is 0 Å². The minimum Gasteiger partial charge on any atom is -0.311 e. The molecule has 0 saturated carbocycles. The first kappa shape index (κ1) is 14.2. The molecule has 1 rings (SSSR count). The van der Waals surface area contributed by atoms with Crippen LogP contribution in [0.2, 0.25) is 0 Å². The van der Waals surface area contributed by atoms with E-state index in [0.717, 1.165) is 12.0 Å². The number of hydrogen-bond donors (Lipinski definition) is 2. The Morgan fingerprint density at radius 1 is 1.11 bits per heavy atom. The second kappa shape index (κ2) is 6.14. The molecule has 2 amide bonds. The number of carbonyl (C=O) groups is 2. The summed E-state index contributed by atoms with van der Waals surface area (Å²) in [7, 11) is 0. The van der Waals surface area contributed by atoms with Gasteiger partial charge in [0.15, 0.2) is 0 Å². The van der Waals surface area contributed by atoms with E-state index < -0.39 is 0 Å². The first-order valence-electron chi connectivity index (χ1n) is 5.93. The molecule has 2 N–H and O–H groups in total. The van der Waals surface area contributed by atoms with Crippen LogP contribution in [0.15, 0.2) is 12.1 Å². The molecule has 0 spiro atoms. The van der Waals surface area contributed by atoms with Gasteiger partial charge in [-0.1, -0.05) is 13.8 Å². The maximum absolute atomic E-state index is 11.0. The number of rotatable bonds is 4. The molecule has 0 radical (unpaired) electrons. The highest BCUT2D eigenvalue weighted by Crippen LogP contribution is 2.17. The average Bonchev–Trinajstić information content (AvgIpc) is 2.12. The van der Waals surface area contributed by atoms with Gasteiger partial charge in [-0.05, 0) is 30.0 Å². The van der Waals surface area contributed by atoms with E-state index in [0.29, 0.717) is 17.6 Å². The Kier molecular flexibility index (Phi) is 4.83. The number of carbonyl (C=O) groups excluding carboxylic acids is 2. The van der Waals surface area contributed by atoms with Gasteiger partial charge >= 0.3 is 0 Å². The predicted octanol–water partition coefficient (Wildman–Crippen LogP) is 2.20. The molecule has 1 aromatic rings. The Hall–Kier alpha value is -1.91. The van der Waals surface area contributed by atoms with Gasteiger partial charge in [-0.25, -0.2) is 4.98 Å². The summed E-state index contributed by atoms with van der Waals surface area (Å²) in [5.41, 5.74) is 1.03. The van der Waals surface area contributed by atoms with Gasteiger partial charge in [-0.3, -0.25) is 9.59 Å². The fraction of sp³-hybridized carbons (Fsp3) is 0.462. The fourth-order valence-corrected chi connectivity index (χ4v) is 1.67. The van der Waals surface area contributed by atoms with Gasteiger partial charge in [0.05, 0.1) is 0 Å². The van der Waals surface area contributed by atoms with Gasteiger partial charge in [-0.15, -0.1) is 0 Å². The standard InChI is InChI=1S/C13H19N3O2/c1-8(2)5-11-6-12(14-9(3)17)16-13(7-11)15-10(4)18/h6-8H,5H2,1-4H3,(H2,14,15,16,17,18). The summed E-state index contributed by atoms with van der Waals surface area (Å²) >= 11 is 0. The quantitative estimate of drug-likeness (QED) is 0.859. The van der Waals surface area contributed by atoms with Crippen molar-refractivity contribution >= 4 is 23.5 Å². The predicted molar refractivity (Wildman–Crippen MR) is 71.4 cm³/mol. The second-order valence-electron chi connectivity index (χ2n) is 4.71. The number of amides is 2. The van der Waals surface area contributed by atoms with Crippen LogP contribution >= 0.6 is 0 Å². The summed E-state index contributed by atoms with van der Waals surface area (Å²) in [5.74, 6) is 1.05. The molecule has 0 fully saturated rings. The molecular weight excluding hydrogens is 230 g/mol. The minimum atomic E-state index is -0.182. The Morgan fingerprint density at radius 3 is 1.89 bits per heavy atom. The Morgan fingerprint density at radius 2 is 1.56 bits per heavy atom. The monoisotopic (exact) mass is 249 g/mol. The SMILES string of the molecule is CC(=O)Nc1cc(CC(C)C)cc(NC(C)=O)n1. The van der Waals surface area contributed by atoms with Crippen molar-refractivity contribution in [3.05, 3.63) is 17.7 Å². The highest BCUT2D eigenvalue weighted by Gasteiger charge is 2.07. The Balaban J connectivity index is 3.02.